The second-order valence-electron chi connectivity index (χ2n) is 3.38. The second kappa shape index (κ2) is 6.46. The largest absolute Gasteiger partial charge is 0.494 e. The van der Waals surface area contributed by atoms with Gasteiger partial charge in [-0.1, -0.05) is 25.5 Å². The molecule has 0 unspecified atom stereocenters. The molecule has 0 radical (unpaired) electrons. The maximum Gasteiger partial charge on any atom is 0.226 e. The Bertz CT molecular complexity index is 306. The van der Waals surface area contributed by atoms with Gasteiger partial charge in [-0.25, -0.2) is 0 Å². The zero-order valence-corrected chi connectivity index (χ0v) is 9.59. The van der Waals surface area contributed by atoms with Gasteiger partial charge in [0.05, 0.1) is 6.61 Å². The molecule has 1 aromatic carbocycles. The zero-order chi connectivity index (χ0) is 11.1. The van der Waals surface area contributed by atoms with Crippen molar-refractivity contribution in [1.29, 1.82) is 0 Å². The molecule has 1 aromatic rings. The number of carbonyl (C=O) groups excluding carboxylic acids is 1. The molecule has 0 fully saturated rings. The van der Waals surface area contributed by atoms with Gasteiger partial charge in [0, 0.05) is 6.42 Å². The Labute approximate surface area is 95.2 Å². The summed E-state index contributed by atoms with van der Waals surface area (Å²) in [6.45, 7) is 2.86. The molecule has 2 nitrogen and oxygen atoms in total. The normalized spacial score (nSPS) is 10.0. The van der Waals surface area contributed by atoms with Gasteiger partial charge in [-0.15, -0.1) is 0 Å². The number of unbranched alkanes of at least 4 members (excludes halogenated alkanes) is 1. The number of halogens is 1. The fraction of sp³-hybridized carbons (Fsp3) is 0.417. The number of hydrogen-bond donors (Lipinski definition) is 0. The van der Waals surface area contributed by atoms with Crippen molar-refractivity contribution >= 4 is 16.8 Å². The van der Waals surface area contributed by atoms with E-state index in [9.17, 15) is 4.79 Å². The topological polar surface area (TPSA) is 26.3 Å². The average Bonchev–Trinajstić information content (AvgIpc) is 2.20. The van der Waals surface area contributed by atoms with Crippen molar-refractivity contribution in [3.63, 3.8) is 0 Å². The van der Waals surface area contributed by atoms with E-state index >= 15 is 0 Å². The van der Waals surface area contributed by atoms with Gasteiger partial charge in [-0.2, -0.15) is 0 Å². The Morgan fingerprint density at radius 1 is 1.33 bits per heavy atom. The standard InChI is InChI=1S/C12H15ClO2/c1-2-3-8-15-11-6-4-10(5-7-11)9-12(13)14/h4-7H,2-3,8-9H2,1H3. The molecule has 15 heavy (non-hydrogen) atoms. The molecule has 0 aromatic heterocycles. The quantitative estimate of drug-likeness (QED) is 0.550. The van der Waals surface area contributed by atoms with Gasteiger partial charge < -0.3 is 4.74 Å². The molecule has 0 spiro atoms. The Hall–Kier alpha value is -1.02. The van der Waals surface area contributed by atoms with Crippen LogP contribution in [0.5, 0.6) is 5.75 Å². The van der Waals surface area contributed by atoms with Gasteiger partial charge in [0.15, 0.2) is 0 Å². The van der Waals surface area contributed by atoms with Crippen LogP contribution in [-0.2, 0) is 11.2 Å². The van der Waals surface area contributed by atoms with Crippen molar-refractivity contribution < 1.29 is 9.53 Å². The van der Waals surface area contributed by atoms with Crippen molar-refractivity contribution in [3.8, 4) is 5.75 Å². The van der Waals surface area contributed by atoms with Gasteiger partial charge in [0.2, 0.25) is 5.24 Å². The van der Waals surface area contributed by atoms with Crippen LogP contribution in [0, 0.1) is 0 Å². The fourth-order valence-electron chi connectivity index (χ4n) is 1.20. The lowest BCUT2D eigenvalue weighted by atomic mass is 10.2. The lowest BCUT2D eigenvalue weighted by Gasteiger charge is -2.05. The van der Waals surface area contributed by atoms with E-state index in [4.69, 9.17) is 16.3 Å². The lowest BCUT2D eigenvalue weighted by molar-refractivity contribution is -0.111. The van der Waals surface area contributed by atoms with Crippen LogP contribution in [0.15, 0.2) is 24.3 Å². The van der Waals surface area contributed by atoms with Crippen molar-refractivity contribution in [3.05, 3.63) is 29.8 Å². The molecule has 1 rings (SSSR count). The summed E-state index contributed by atoms with van der Waals surface area (Å²) >= 11 is 5.28. The first-order valence-electron chi connectivity index (χ1n) is 5.12. The van der Waals surface area contributed by atoms with Crippen LogP contribution in [0.2, 0.25) is 0 Å². The molecule has 0 heterocycles. The molecule has 0 aliphatic carbocycles. The summed E-state index contributed by atoms with van der Waals surface area (Å²) in [7, 11) is 0. The molecule has 0 saturated heterocycles. The van der Waals surface area contributed by atoms with Crippen LogP contribution in [-0.4, -0.2) is 11.8 Å². The minimum Gasteiger partial charge on any atom is -0.494 e. The SMILES string of the molecule is CCCCOc1ccc(CC(=O)Cl)cc1. The zero-order valence-electron chi connectivity index (χ0n) is 8.83. The maximum atomic E-state index is 10.6. The van der Waals surface area contributed by atoms with Crippen molar-refractivity contribution in [2.24, 2.45) is 0 Å². The highest BCUT2D eigenvalue weighted by molar-refractivity contribution is 6.63. The Kier molecular flexibility index (Phi) is 5.19. The molecule has 82 valence electrons. The number of rotatable bonds is 6. The third-order valence-electron chi connectivity index (χ3n) is 2.03. The molecule has 0 aliphatic rings. The molecule has 0 amide bonds. The van der Waals surface area contributed by atoms with Gasteiger partial charge in [0.1, 0.15) is 5.75 Å². The van der Waals surface area contributed by atoms with E-state index in [1.807, 2.05) is 24.3 Å². The fourth-order valence-corrected chi connectivity index (χ4v) is 1.35. The van der Waals surface area contributed by atoms with Crippen LogP contribution < -0.4 is 4.74 Å². The predicted molar refractivity (Wildman–Crippen MR) is 61.4 cm³/mol. The third-order valence-corrected chi connectivity index (χ3v) is 2.17. The average molecular weight is 227 g/mol. The Morgan fingerprint density at radius 3 is 2.53 bits per heavy atom. The van der Waals surface area contributed by atoms with Crippen LogP contribution in [0.4, 0.5) is 0 Å². The summed E-state index contributed by atoms with van der Waals surface area (Å²) in [6, 6.07) is 7.46. The van der Waals surface area contributed by atoms with Crippen LogP contribution in [0.1, 0.15) is 25.3 Å². The van der Waals surface area contributed by atoms with Gasteiger partial charge in [0.25, 0.3) is 0 Å². The third kappa shape index (κ3) is 4.84. The van der Waals surface area contributed by atoms with E-state index in [2.05, 4.69) is 6.92 Å². The molecule has 0 atom stereocenters. The minimum atomic E-state index is -0.338. The van der Waals surface area contributed by atoms with Crippen LogP contribution >= 0.6 is 11.6 Å². The smallest absolute Gasteiger partial charge is 0.226 e. The van der Waals surface area contributed by atoms with Crippen LogP contribution in [0.25, 0.3) is 0 Å². The Morgan fingerprint density at radius 2 is 2.00 bits per heavy atom. The van der Waals surface area contributed by atoms with Crippen molar-refractivity contribution in [2.45, 2.75) is 26.2 Å². The molecule has 3 heteroatoms. The van der Waals surface area contributed by atoms with Crippen molar-refractivity contribution in [1.82, 2.24) is 0 Å². The Balaban J connectivity index is 2.45. The first-order chi connectivity index (χ1) is 7.22. The number of hydrogen-bond acceptors (Lipinski definition) is 2. The molecule has 0 N–H and O–H groups in total. The molecule has 0 saturated carbocycles. The monoisotopic (exact) mass is 226 g/mol. The van der Waals surface area contributed by atoms with E-state index in [1.165, 1.54) is 0 Å². The molecular weight excluding hydrogens is 212 g/mol. The first-order valence-corrected chi connectivity index (χ1v) is 5.50. The molecule has 0 aliphatic heterocycles. The summed E-state index contributed by atoms with van der Waals surface area (Å²) in [4.78, 5) is 10.6. The predicted octanol–water partition coefficient (Wildman–Crippen LogP) is 3.17. The summed E-state index contributed by atoms with van der Waals surface area (Å²) in [5, 5.41) is -0.338. The van der Waals surface area contributed by atoms with Crippen LogP contribution in [0.3, 0.4) is 0 Å². The second-order valence-corrected chi connectivity index (χ2v) is 3.80. The highest BCUT2D eigenvalue weighted by Gasteiger charge is 1.99. The van der Waals surface area contributed by atoms with E-state index in [0.29, 0.717) is 0 Å². The highest BCUT2D eigenvalue weighted by Crippen LogP contribution is 2.13. The van der Waals surface area contributed by atoms with Gasteiger partial charge in [-0.05, 0) is 35.7 Å². The summed E-state index contributed by atoms with van der Waals surface area (Å²) in [6.07, 6.45) is 2.46. The summed E-state index contributed by atoms with van der Waals surface area (Å²) in [5.41, 5.74) is 0.915. The number of benzene rings is 1. The summed E-state index contributed by atoms with van der Waals surface area (Å²) in [5.74, 6) is 0.842. The van der Waals surface area contributed by atoms with E-state index in [-0.39, 0.29) is 11.7 Å². The summed E-state index contributed by atoms with van der Waals surface area (Å²) < 4.78 is 5.49. The molecule has 0 bridgehead atoms. The maximum absolute atomic E-state index is 10.6. The highest BCUT2D eigenvalue weighted by atomic mass is 35.5. The number of carbonyl (C=O) groups is 1. The van der Waals surface area contributed by atoms with E-state index < -0.39 is 0 Å². The minimum absolute atomic E-state index is 0.275. The van der Waals surface area contributed by atoms with Crippen molar-refractivity contribution in [2.75, 3.05) is 6.61 Å². The lowest BCUT2D eigenvalue weighted by Crippen LogP contribution is -1.97. The first kappa shape index (κ1) is 12.1. The van der Waals surface area contributed by atoms with E-state index in [1.54, 1.807) is 0 Å². The van der Waals surface area contributed by atoms with Gasteiger partial charge in [-0.3, -0.25) is 4.79 Å². The van der Waals surface area contributed by atoms with E-state index in [0.717, 1.165) is 30.8 Å². The number of ether oxygens (including phenoxy) is 1. The molecular formula is C12H15ClO2. The van der Waals surface area contributed by atoms with Gasteiger partial charge >= 0.3 is 0 Å².